The van der Waals surface area contributed by atoms with Crippen molar-refractivity contribution in [3.8, 4) is 0 Å². The van der Waals surface area contributed by atoms with Crippen LogP contribution in [0.5, 0.6) is 0 Å². The monoisotopic (exact) mass is 267 g/mol. The van der Waals surface area contributed by atoms with Crippen molar-refractivity contribution in [2.24, 2.45) is 0 Å². The van der Waals surface area contributed by atoms with E-state index < -0.39 is 0 Å². The molecular formula is C14H18ClNS. The summed E-state index contributed by atoms with van der Waals surface area (Å²) in [6.07, 6.45) is 3.82. The van der Waals surface area contributed by atoms with Crippen LogP contribution in [-0.2, 0) is 6.54 Å². The van der Waals surface area contributed by atoms with E-state index in [0.717, 1.165) is 18.1 Å². The van der Waals surface area contributed by atoms with Crippen molar-refractivity contribution in [1.82, 2.24) is 5.32 Å². The summed E-state index contributed by atoms with van der Waals surface area (Å²) >= 11 is 8.16. The van der Waals surface area contributed by atoms with Gasteiger partial charge in [-0.2, -0.15) is 0 Å². The van der Waals surface area contributed by atoms with Gasteiger partial charge < -0.3 is 5.32 Å². The predicted octanol–water partition coefficient (Wildman–Crippen LogP) is 4.83. The first-order valence-electron chi connectivity index (χ1n) is 6.19. The van der Waals surface area contributed by atoms with E-state index in [9.17, 15) is 0 Å². The Morgan fingerprint density at radius 1 is 1.24 bits per heavy atom. The molecule has 0 spiro atoms. The number of rotatable bonds is 6. The molecular weight excluding hydrogens is 250 g/mol. The van der Waals surface area contributed by atoms with Crippen molar-refractivity contribution in [1.29, 1.82) is 0 Å². The van der Waals surface area contributed by atoms with Crippen molar-refractivity contribution in [2.75, 3.05) is 6.54 Å². The van der Waals surface area contributed by atoms with Crippen LogP contribution in [-0.4, -0.2) is 6.54 Å². The minimum atomic E-state index is 0.891. The summed E-state index contributed by atoms with van der Waals surface area (Å²) in [4.78, 5) is 1.25. The maximum atomic E-state index is 6.37. The topological polar surface area (TPSA) is 12.0 Å². The molecule has 0 saturated heterocycles. The van der Waals surface area contributed by atoms with Gasteiger partial charge in [0.2, 0.25) is 0 Å². The van der Waals surface area contributed by atoms with E-state index in [2.05, 4.69) is 30.4 Å². The van der Waals surface area contributed by atoms with Crippen LogP contribution >= 0.6 is 22.9 Å². The Morgan fingerprint density at radius 2 is 2.06 bits per heavy atom. The van der Waals surface area contributed by atoms with Crippen LogP contribution < -0.4 is 5.32 Å². The fourth-order valence-electron chi connectivity index (χ4n) is 1.88. The summed E-state index contributed by atoms with van der Waals surface area (Å²) in [6.45, 7) is 4.20. The molecule has 0 aliphatic rings. The molecule has 1 nitrogen and oxygen atoms in total. The molecule has 0 radical (unpaired) electrons. The Morgan fingerprint density at radius 3 is 2.82 bits per heavy atom. The van der Waals surface area contributed by atoms with E-state index in [-0.39, 0.29) is 0 Å². The summed E-state index contributed by atoms with van der Waals surface area (Å²) in [5.74, 6) is 0. The van der Waals surface area contributed by atoms with Crippen molar-refractivity contribution >= 4 is 33.0 Å². The molecule has 1 heterocycles. The van der Waals surface area contributed by atoms with Crippen LogP contribution in [0.4, 0.5) is 0 Å². The number of hydrogen-bond donors (Lipinski definition) is 1. The molecule has 0 bridgehead atoms. The van der Waals surface area contributed by atoms with Crippen LogP contribution in [0, 0.1) is 0 Å². The Kier molecular flexibility index (Phi) is 4.84. The second kappa shape index (κ2) is 6.39. The van der Waals surface area contributed by atoms with Gasteiger partial charge in [0.1, 0.15) is 0 Å². The molecule has 3 heteroatoms. The quantitative estimate of drug-likeness (QED) is 0.739. The highest BCUT2D eigenvalue weighted by atomic mass is 35.5. The molecule has 17 heavy (non-hydrogen) atoms. The first-order chi connectivity index (χ1) is 8.33. The van der Waals surface area contributed by atoms with Gasteiger partial charge >= 0.3 is 0 Å². The van der Waals surface area contributed by atoms with Crippen molar-refractivity contribution in [2.45, 2.75) is 32.7 Å². The lowest BCUT2D eigenvalue weighted by Gasteiger charge is -2.02. The molecule has 1 aromatic carbocycles. The zero-order valence-electron chi connectivity index (χ0n) is 10.1. The van der Waals surface area contributed by atoms with Gasteiger partial charge in [0.05, 0.1) is 5.02 Å². The van der Waals surface area contributed by atoms with E-state index in [4.69, 9.17) is 11.6 Å². The summed E-state index contributed by atoms with van der Waals surface area (Å²) in [5.41, 5.74) is 0. The van der Waals surface area contributed by atoms with Gasteiger partial charge in [-0.05, 0) is 19.0 Å². The highest BCUT2D eigenvalue weighted by Gasteiger charge is 2.08. The standard InChI is InChI=1S/C14H18ClNS/c1-2-3-6-9-16-10-13-14(15)11-7-4-5-8-12(11)17-13/h4-5,7-8,16H,2-3,6,9-10H2,1H3. The highest BCUT2D eigenvalue weighted by molar-refractivity contribution is 7.19. The number of benzene rings is 1. The van der Waals surface area contributed by atoms with Crippen molar-refractivity contribution in [3.05, 3.63) is 34.2 Å². The van der Waals surface area contributed by atoms with Crippen LogP contribution in [0.2, 0.25) is 5.02 Å². The Balaban J connectivity index is 1.97. The Bertz CT molecular complexity index is 478. The smallest absolute Gasteiger partial charge is 0.0636 e. The van der Waals surface area contributed by atoms with Crippen LogP contribution in [0.25, 0.3) is 10.1 Å². The van der Waals surface area contributed by atoms with Crippen molar-refractivity contribution in [3.63, 3.8) is 0 Å². The van der Waals surface area contributed by atoms with Gasteiger partial charge in [0, 0.05) is 21.5 Å². The zero-order valence-corrected chi connectivity index (χ0v) is 11.7. The molecule has 1 N–H and O–H groups in total. The molecule has 92 valence electrons. The molecule has 0 aliphatic carbocycles. The number of fused-ring (bicyclic) bond motifs is 1. The van der Waals surface area contributed by atoms with Crippen LogP contribution in [0.1, 0.15) is 31.1 Å². The third-order valence-corrected chi connectivity index (χ3v) is 4.56. The number of halogens is 1. The van der Waals surface area contributed by atoms with Gasteiger partial charge in [0.15, 0.2) is 0 Å². The lowest BCUT2D eigenvalue weighted by atomic mass is 10.2. The average molecular weight is 268 g/mol. The summed E-state index contributed by atoms with van der Waals surface area (Å²) in [5, 5.41) is 5.57. The third-order valence-electron chi connectivity index (χ3n) is 2.84. The second-order valence-electron chi connectivity index (χ2n) is 4.22. The molecule has 0 atom stereocenters. The molecule has 0 fully saturated rings. The fourth-order valence-corrected chi connectivity index (χ4v) is 3.35. The average Bonchev–Trinajstić information content (AvgIpc) is 2.67. The van der Waals surface area contributed by atoms with E-state index in [1.165, 1.54) is 34.2 Å². The molecule has 2 aromatic rings. The lowest BCUT2D eigenvalue weighted by Crippen LogP contribution is -2.13. The largest absolute Gasteiger partial charge is 0.312 e. The van der Waals surface area contributed by atoms with Gasteiger partial charge in [-0.3, -0.25) is 0 Å². The van der Waals surface area contributed by atoms with E-state index in [1.807, 2.05) is 6.07 Å². The molecule has 2 rings (SSSR count). The maximum Gasteiger partial charge on any atom is 0.0636 e. The molecule has 0 unspecified atom stereocenters. The first-order valence-corrected chi connectivity index (χ1v) is 7.39. The summed E-state index contributed by atoms with van der Waals surface area (Å²) in [6, 6.07) is 8.33. The minimum absolute atomic E-state index is 0.891. The number of nitrogens with one attached hydrogen (secondary N) is 1. The predicted molar refractivity (Wildman–Crippen MR) is 78.1 cm³/mol. The van der Waals surface area contributed by atoms with Gasteiger partial charge in [-0.15, -0.1) is 11.3 Å². The Labute approximate surface area is 112 Å². The number of unbranched alkanes of at least 4 members (excludes halogenated alkanes) is 2. The second-order valence-corrected chi connectivity index (χ2v) is 5.73. The minimum Gasteiger partial charge on any atom is -0.312 e. The SMILES string of the molecule is CCCCCNCc1sc2ccccc2c1Cl. The third kappa shape index (κ3) is 3.21. The van der Waals surface area contributed by atoms with Crippen LogP contribution in [0.15, 0.2) is 24.3 Å². The normalized spacial score (nSPS) is 11.2. The number of hydrogen-bond acceptors (Lipinski definition) is 2. The molecule has 1 aromatic heterocycles. The highest BCUT2D eigenvalue weighted by Crippen LogP contribution is 2.34. The lowest BCUT2D eigenvalue weighted by molar-refractivity contribution is 0.620. The fraction of sp³-hybridized carbons (Fsp3) is 0.429. The van der Waals surface area contributed by atoms with E-state index >= 15 is 0 Å². The summed E-state index contributed by atoms with van der Waals surface area (Å²) in [7, 11) is 0. The molecule has 0 saturated carbocycles. The molecule has 0 amide bonds. The van der Waals surface area contributed by atoms with E-state index in [1.54, 1.807) is 11.3 Å². The summed E-state index contributed by atoms with van der Waals surface area (Å²) < 4.78 is 1.28. The maximum absolute atomic E-state index is 6.37. The van der Waals surface area contributed by atoms with Gasteiger partial charge in [0.25, 0.3) is 0 Å². The zero-order chi connectivity index (χ0) is 12.1. The Hall–Kier alpha value is -0.570. The molecule has 0 aliphatic heterocycles. The van der Waals surface area contributed by atoms with Gasteiger partial charge in [-0.1, -0.05) is 49.6 Å². The van der Waals surface area contributed by atoms with Gasteiger partial charge in [-0.25, -0.2) is 0 Å². The van der Waals surface area contributed by atoms with E-state index in [0.29, 0.717) is 0 Å². The number of thiophene rings is 1. The van der Waals surface area contributed by atoms with Crippen molar-refractivity contribution < 1.29 is 0 Å². The first kappa shape index (κ1) is 12.9. The van der Waals surface area contributed by atoms with Crippen LogP contribution in [0.3, 0.4) is 0 Å².